The molecular weight excluding hydrogens is 295 g/mol. The fraction of sp³-hybridized carbons (Fsp3) is 0.286. The van der Waals surface area contributed by atoms with Crippen molar-refractivity contribution in [2.24, 2.45) is 7.05 Å². The molecule has 0 aliphatic heterocycles. The quantitative estimate of drug-likeness (QED) is 0.670. The second-order valence-electron chi connectivity index (χ2n) is 4.78. The minimum absolute atomic E-state index is 0.208. The fourth-order valence-electron chi connectivity index (χ4n) is 2.43. The highest BCUT2D eigenvalue weighted by Crippen LogP contribution is 2.30. The van der Waals surface area contributed by atoms with E-state index >= 15 is 0 Å². The van der Waals surface area contributed by atoms with E-state index in [0.717, 1.165) is 28.4 Å². The minimum atomic E-state index is -0.208. The molecule has 0 saturated heterocycles. The first-order chi connectivity index (χ1) is 9.49. The number of rotatable bonds is 2. The molecule has 6 heteroatoms. The third kappa shape index (κ3) is 2.00. The van der Waals surface area contributed by atoms with Crippen molar-refractivity contribution < 1.29 is 0 Å². The number of benzene rings is 1. The van der Waals surface area contributed by atoms with Crippen LogP contribution in [-0.2, 0) is 7.05 Å². The maximum absolute atomic E-state index is 6.29. The molecule has 1 aromatic carbocycles. The van der Waals surface area contributed by atoms with Crippen LogP contribution in [-0.4, -0.2) is 19.3 Å². The Hall–Kier alpha value is -1.52. The number of hydrogen-bond acceptors (Lipinski definition) is 2. The number of nitrogens with zero attached hydrogens (tertiary/aromatic N) is 4. The lowest BCUT2D eigenvalue weighted by atomic mass is 10.3. The van der Waals surface area contributed by atoms with Crippen LogP contribution in [0.1, 0.15) is 23.8 Å². The Morgan fingerprint density at radius 1 is 1.30 bits per heavy atom. The van der Waals surface area contributed by atoms with Gasteiger partial charge < -0.3 is 0 Å². The summed E-state index contributed by atoms with van der Waals surface area (Å²) < 4.78 is 3.83. The normalized spacial score (nSPS) is 13.1. The van der Waals surface area contributed by atoms with Gasteiger partial charge in [-0.1, -0.05) is 17.7 Å². The summed E-state index contributed by atoms with van der Waals surface area (Å²) in [4.78, 5) is 4.64. The van der Waals surface area contributed by atoms with Crippen molar-refractivity contribution in [1.82, 2.24) is 19.3 Å². The monoisotopic (exact) mass is 308 g/mol. The molecule has 3 rings (SSSR count). The van der Waals surface area contributed by atoms with Gasteiger partial charge in [0.15, 0.2) is 5.65 Å². The molecular formula is C14H14Cl2N4. The second-order valence-corrected chi connectivity index (χ2v) is 5.87. The van der Waals surface area contributed by atoms with E-state index < -0.39 is 0 Å². The fourth-order valence-corrected chi connectivity index (χ4v) is 2.76. The van der Waals surface area contributed by atoms with E-state index in [1.165, 1.54) is 0 Å². The predicted octanol–water partition coefficient (Wildman–Crippen LogP) is 4.02. The van der Waals surface area contributed by atoms with E-state index in [4.69, 9.17) is 23.2 Å². The zero-order valence-corrected chi connectivity index (χ0v) is 12.9. The molecule has 0 spiro atoms. The van der Waals surface area contributed by atoms with Gasteiger partial charge in [0.05, 0.1) is 16.8 Å². The summed E-state index contributed by atoms with van der Waals surface area (Å²) in [5.41, 5.74) is 3.62. The van der Waals surface area contributed by atoms with Gasteiger partial charge in [-0.3, -0.25) is 4.57 Å². The first-order valence-corrected chi connectivity index (χ1v) is 7.12. The summed E-state index contributed by atoms with van der Waals surface area (Å²) in [5.74, 6) is 0.792. The Bertz CT molecular complexity index is 786. The molecule has 0 aliphatic rings. The van der Waals surface area contributed by atoms with Crippen LogP contribution in [0.15, 0.2) is 24.3 Å². The van der Waals surface area contributed by atoms with Crippen LogP contribution in [0.5, 0.6) is 0 Å². The molecule has 2 heterocycles. The molecule has 104 valence electrons. The van der Waals surface area contributed by atoms with Crippen molar-refractivity contribution in [3.8, 4) is 5.69 Å². The van der Waals surface area contributed by atoms with E-state index in [9.17, 15) is 0 Å². The molecule has 1 unspecified atom stereocenters. The Kier molecular flexibility index (Phi) is 3.22. The van der Waals surface area contributed by atoms with Crippen molar-refractivity contribution >= 4 is 34.4 Å². The molecule has 0 fully saturated rings. The molecule has 2 aromatic heterocycles. The molecule has 0 aliphatic carbocycles. The molecule has 20 heavy (non-hydrogen) atoms. The van der Waals surface area contributed by atoms with Gasteiger partial charge in [-0.25, -0.2) is 9.67 Å². The Morgan fingerprint density at radius 3 is 2.70 bits per heavy atom. The van der Waals surface area contributed by atoms with E-state index in [1.807, 2.05) is 54.4 Å². The van der Waals surface area contributed by atoms with Crippen molar-refractivity contribution in [3.05, 3.63) is 40.8 Å². The summed E-state index contributed by atoms with van der Waals surface area (Å²) in [5, 5.41) is 4.89. The topological polar surface area (TPSA) is 35.6 Å². The van der Waals surface area contributed by atoms with Crippen LogP contribution in [0.4, 0.5) is 0 Å². The molecule has 0 radical (unpaired) electrons. The van der Waals surface area contributed by atoms with Gasteiger partial charge in [-0.2, -0.15) is 5.10 Å². The molecule has 0 amide bonds. The number of aryl methyl sites for hydroxylation is 2. The standard InChI is InChI=1S/C14H14Cl2N4/c1-8(15)13-17-12-9(2)18-19(3)14(12)20(13)11-6-4-5-10(16)7-11/h4-8H,1-3H3. The smallest absolute Gasteiger partial charge is 0.163 e. The maximum Gasteiger partial charge on any atom is 0.163 e. The predicted molar refractivity (Wildman–Crippen MR) is 81.9 cm³/mol. The summed E-state index contributed by atoms with van der Waals surface area (Å²) >= 11 is 12.4. The largest absolute Gasteiger partial charge is 0.280 e. The van der Waals surface area contributed by atoms with Crippen LogP contribution >= 0.6 is 23.2 Å². The average Bonchev–Trinajstić information content (AvgIpc) is 2.89. The number of alkyl halides is 1. The molecule has 1 atom stereocenters. The van der Waals surface area contributed by atoms with Gasteiger partial charge >= 0.3 is 0 Å². The summed E-state index contributed by atoms with van der Waals surface area (Å²) in [7, 11) is 1.90. The van der Waals surface area contributed by atoms with Crippen molar-refractivity contribution in [1.29, 1.82) is 0 Å². The van der Waals surface area contributed by atoms with Crippen molar-refractivity contribution in [3.63, 3.8) is 0 Å². The molecule has 4 nitrogen and oxygen atoms in total. The SMILES string of the molecule is Cc1nn(C)c2c1nc(C(C)Cl)n2-c1cccc(Cl)c1. The van der Waals surface area contributed by atoms with E-state index in [-0.39, 0.29) is 5.38 Å². The van der Waals surface area contributed by atoms with Gasteiger partial charge in [0.2, 0.25) is 0 Å². The third-order valence-corrected chi connectivity index (χ3v) is 3.68. The van der Waals surface area contributed by atoms with Crippen molar-refractivity contribution in [2.45, 2.75) is 19.2 Å². The first-order valence-electron chi connectivity index (χ1n) is 6.31. The number of aromatic nitrogens is 4. The van der Waals surface area contributed by atoms with E-state index in [0.29, 0.717) is 5.02 Å². The van der Waals surface area contributed by atoms with Crippen LogP contribution in [0.25, 0.3) is 16.9 Å². The molecule has 0 bridgehead atoms. The lowest BCUT2D eigenvalue weighted by molar-refractivity contribution is 0.748. The van der Waals surface area contributed by atoms with Crippen LogP contribution in [0.2, 0.25) is 5.02 Å². The minimum Gasteiger partial charge on any atom is -0.280 e. The zero-order chi connectivity index (χ0) is 14.4. The molecule has 0 saturated carbocycles. The molecule has 0 N–H and O–H groups in total. The zero-order valence-electron chi connectivity index (χ0n) is 11.4. The number of halogens is 2. The Morgan fingerprint density at radius 2 is 2.05 bits per heavy atom. The maximum atomic E-state index is 6.29. The highest BCUT2D eigenvalue weighted by atomic mass is 35.5. The highest BCUT2D eigenvalue weighted by Gasteiger charge is 2.21. The lowest BCUT2D eigenvalue weighted by Crippen LogP contribution is -2.05. The number of fused-ring (bicyclic) bond motifs is 1. The van der Waals surface area contributed by atoms with Crippen LogP contribution < -0.4 is 0 Å². The summed E-state index contributed by atoms with van der Waals surface area (Å²) in [6, 6.07) is 7.64. The number of imidazole rings is 1. The van der Waals surface area contributed by atoms with Crippen molar-refractivity contribution in [2.75, 3.05) is 0 Å². The van der Waals surface area contributed by atoms with Crippen LogP contribution in [0.3, 0.4) is 0 Å². The molecule has 3 aromatic rings. The summed E-state index contributed by atoms with van der Waals surface area (Å²) in [6.45, 7) is 3.85. The van der Waals surface area contributed by atoms with Crippen LogP contribution in [0, 0.1) is 6.92 Å². The van der Waals surface area contributed by atoms with Gasteiger partial charge in [0.1, 0.15) is 11.3 Å². The van der Waals surface area contributed by atoms with Gasteiger partial charge in [-0.15, -0.1) is 11.6 Å². The van der Waals surface area contributed by atoms with Gasteiger partial charge in [0.25, 0.3) is 0 Å². The highest BCUT2D eigenvalue weighted by molar-refractivity contribution is 6.30. The van der Waals surface area contributed by atoms with E-state index in [2.05, 4.69) is 10.1 Å². The number of hydrogen-bond donors (Lipinski definition) is 0. The second kappa shape index (κ2) is 4.79. The average molecular weight is 309 g/mol. The third-order valence-electron chi connectivity index (χ3n) is 3.25. The van der Waals surface area contributed by atoms with Gasteiger partial charge in [-0.05, 0) is 32.0 Å². The first kappa shape index (κ1) is 13.5. The Labute approximate surface area is 126 Å². The summed E-state index contributed by atoms with van der Waals surface area (Å²) in [6.07, 6.45) is 0. The van der Waals surface area contributed by atoms with E-state index in [1.54, 1.807) is 0 Å². The van der Waals surface area contributed by atoms with Gasteiger partial charge in [0, 0.05) is 12.1 Å². The Balaban J connectivity index is 2.40. The lowest BCUT2D eigenvalue weighted by Gasteiger charge is -2.11.